The summed E-state index contributed by atoms with van der Waals surface area (Å²) in [5.74, 6) is -0.473. The van der Waals surface area contributed by atoms with Gasteiger partial charge in [-0.15, -0.1) is 11.3 Å². The highest BCUT2D eigenvalue weighted by atomic mass is 35.5. The van der Waals surface area contributed by atoms with E-state index >= 15 is 0 Å². The van der Waals surface area contributed by atoms with Crippen LogP contribution in [0.25, 0.3) is 0 Å². The van der Waals surface area contributed by atoms with Crippen molar-refractivity contribution in [3.05, 3.63) is 16.5 Å². The van der Waals surface area contributed by atoms with Crippen molar-refractivity contribution in [2.75, 3.05) is 11.5 Å². The first-order valence-corrected chi connectivity index (χ1v) is 11.2. The molecule has 3 atom stereocenters. The number of rotatable bonds is 5. The molecule has 1 aliphatic rings. The molecule has 0 aliphatic carbocycles. The van der Waals surface area contributed by atoms with E-state index in [9.17, 15) is 16.8 Å². The van der Waals surface area contributed by atoms with Crippen molar-refractivity contribution >= 4 is 42.6 Å². The molecule has 21 heavy (non-hydrogen) atoms. The number of sulfone groups is 2. The van der Waals surface area contributed by atoms with Crippen molar-refractivity contribution in [3.63, 3.8) is 0 Å². The monoisotopic (exact) mass is 371 g/mol. The number of hydrogen-bond acceptors (Lipinski definition) is 6. The SMILES string of the molecule is CCC(C)N[C@H]1CS(=O)(=O)C[C@@H]1S(=O)(=O)c1ccc(Cl)s1. The van der Waals surface area contributed by atoms with E-state index in [1.807, 2.05) is 13.8 Å². The minimum absolute atomic E-state index is 0.0629. The van der Waals surface area contributed by atoms with E-state index in [-0.39, 0.29) is 21.8 Å². The molecular formula is C12H18ClNO4S3. The zero-order chi connectivity index (χ0) is 15.8. The lowest BCUT2D eigenvalue weighted by atomic mass is 10.2. The fourth-order valence-electron chi connectivity index (χ4n) is 2.36. The van der Waals surface area contributed by atoms with Crippen LogP contribution in [0.1, 0.15) is 20.3 Å². The van der Waals surface area contributed by atoms with Gasteiger partial charge in [0.1, 0.15) is 4.21 Å². The highest BCUT2D eigenvalue weighted by molar-refractivity contribution is 7.97. The van der Waals surface area contributed by atoms with Gasteiger partial charge in [-0.1, -0.05) is 18.5 Å². The van der Waals surface area contributed by atoms with Gasteiger partial charge in [-0.2, -0.15) is 0 Å². The summed E-state index contributed by atoms with van der Waals surface area (Å²) in [7, 11) is -7.05. The molecule has 1 fully saturated rings. The van der Waals surface area contributed by atoms with Crippen LogP contribution in [0.5, 0.6) is 0 Å². The van der Waals surface area contributed by atoms with Gasteiger partial charge in [0.05, 0.1) is 21.1 Å². The van der Waals surface area contributed by atoms with Crippen LogP contribution in [0.2, 0.25) is 4.34 Å². The second-order valence-electron chi connectivity index (χ2n) is 5.30. The molecule has 0 aromatic carbocycles. The number of thiophene rings is 1. The van der Waals surface area contributed by atoms with Gasteiger partial charge in [0, 0.05) is 12.1 Å². The summed E-state index contributed by atoms with van der Waals surface area (Å²) in [6.07, 6.45) is 0.800. The Labute approximate surface area is 134 Å². The molecule has 0 radical (unpaired) electrons. The van der Waals surface area contributed by atoms with E-state index in [1.165, 1.54) is 12.1 Å². The van der Waals surface area contributed by atoms with Gasteiger partial charge < -0.3 is 5.32 Å². The molecule has 1 N–H and O–H groups in total. The predicted octanol–water partition coefficient (Wildman–Crippen LogP) is 1.73. The molecule has 1 unspecified atom stereocenters. The summed E-state index contributed by atoms with van der Waals surface area (Å²) in [5, 5.41) is 2.18. The van der Waals surface area contributed by atoms with Gasteiger partial charge in [-0.05, 0) is 25.5 Å². The maximum Gasteiger partial charge on any atom is 0.193 e. The van der Waals surface area contributed by atoms with E-state index in [2.05, 4.69) is 5.32 Å². The van der Waals surface area contributed by atoms with Crippen LogP contribution in [0, 0.1) is 0 Å². The van der Waals surface area contributed by atoms with E-state index in [1.54, 1.807) is 0 Å². The van der Waals surface area contributed by atoms with Crippen LogP contribution >= 0.6 is 22.9 Å². The normalized spacial score (nSPS) is 26.8. The Kier molecular flexibility index (Phi) is 5.04. The van der Waals surface area contributed by atoms with Crippen LogP contribution in [0.4, 0.5) is 0 Å². The smallest absolute Gasteiger partial charge is 0.193 e. The summed E-state index contributed by atoms with van der Waals surface area (Å²) in [6, 6.07) is 2.44. The van der Waals surface area contributed by atoms with Crippen molar-refractivity contribution in [1.29, 1.82) is 0 Å². The highest BCUT2D eigenvalue weighted by Crippen LogP contribution is 2.32. The Morgan fingerprint density at radius 2 is 2.10 bits per heavy atom. The van der Waals surface area contributed by atoms with Crippen LogP contribution < -0.4 is 5.32 Å². The van der Waals surface area contributed by atoms with E-state index in [4.69, 9.17) is 11.6 Å². The average Bonchev–Trinajstić information content (AvgIpc) is 2.93. The first-order chi connectivity index (χ1) is 9.65. The van der Waals surface area contributed by atoms with Crippen LogP contribution in [-0.2, 0) is 19.7 Å². The molecule has 5 nitrogen and oxygen atoms in total. The lowest BCUT2D eigenvalue weighted by Gasteiger charge is -2.22. The molecule has 0 saturated carbocycles. The van der Waals surface area contributed by atoms with Crippen molar-refractivity contribution in [3.8, 4) is 0 Å². The minimum atomic E-state index is -3.70. The van der Waals surface area contributed by atoms with Gasteiger partial charge in [-0.3, -0.25) is 0 Å². The molecular weight excluding hydrogens is 354 g/mol. The van der Waals surface area contributed by atoms with E-state index in [0.717, 1.165) is 17.8 Å². The Balaban J connectivity index is 2.34. The molecule has 120 valence electrons. The fraction of sp³-hybridized carbons (Fsp3) is 0.667. The van der Waals surface area contributed by atoms with E-state index < -0.39 is 31.0 Å². The Morgan fingerprint density at radius 3 is 2.62 bits per heavy atom. The van der Waals surface area contributed by atoms with Gasteiger partial charge in [0.25, 0.3) is 0 Å². The standard InChI is InChI=1S/C12H18ClNO4S3/c1-3-8(2)14-9-6-20(15,16)7-10(9)21(17,18)12-5-4-11(13)19-12/h4-5,8-10,14H,3,6-7H2,1-2H3/t8?,9-,10-/m0/s1. The molecule has 1 aromatic heterocycles. The Morgan fingerprint density at radius 1 is 1.43 bits per heavy atom. The molecule has 2 heterocycles. The van der Waals surface area contributed by atoms with Gasteiger partial charge in [0.15, 0.2) is 19.7 Å². The van der Waals surface area contributed by atoms with Crippen LogP contribution in [0.3, 0.4) is 0 Å². The zero-order valence-corrected chi connectivity index (χ0v) is 14.9. The summed E-state index contributed by atoms with van der Waals surface area (Å²) in [5.41, 5.74) is 0. The third kappa shape index (κ3) is 3.79. The second kappa shape index (κ2) is 6.16. The molecule has 0 amide bonds. The zero-order valence-electron chi connectivity index (χ0n) is 11.7. The summed E-state index contributed by atoms with van der Waals surface area (Å²) in [4.78, 5) is 0. The Hall–Kier alpha value is -0.150. The summed E-state index contributed by atoms with van der Waals surface area (Å²) >= 11 is 6.76. The molecule has 1 aliphatic heterocycles. The van der Waals surface area contributed by atoms with Crippen LogP contribution in [0.15, 0.2) is 16.3 Å². The predicted molar refractivity (Wildman–Crippen MR) is 85.6 cm³/mol. The van der Waals surface area contributed by atoms with Crippen LogP contribution in [-0.4, -0.2) is 45.7 Å². The summed E-state index contributed by atoms with van der Waals surface area (Å²) in [6.45, 7) is 3.88. The first kappa shape index (κ1) is 17.2. The van der Waals surface area contributed by atoms with Crippen molar-refractivity contribution in [2.24, 2.45) is 0 Å². The Bertz CT molecular complexity index is 711. The van der Waals surface area contributed by atoms with Crippen molar-refractivity contribution in [1.82, 2.24) is 5.32 Å². The third-order valence-corrected chi connectivity index (χ3v) is 9.55. The minimum Gasteiger partial charge on any atom is -0.309 e. The van der Waals surface area contributed by atoms with Crippen molar-refractivity contribution in [2.45, 2.75) is 41.8 Å². The molecule has 1 saturated heterocycles. The summed E-state index contributed by atoms with van der Waals surface area (Å²) < 4.78 is 49.6. The molecule has 2 rings (SSSR count). The molecule has 0 spiro atoms. The maximum atomic E-state index is 12.7. The average molecular weight is 372 g/mol. The van der Waals surface area contributed by atoms with E-state index in [0.29, 0.717) is 4.34 Å². The number of halogens is 1. The lowest BCUT2D eigenvalue weighted by molar-refractivity contribution is 0.456. The topological polar surface area (TPSA) is 80.3 Å². The lowest BCUT2D eigenvalue weighted by Crippen LogP contribution is -2.46. The highest BCUT2D eigenvalue weighted by Gasteiger charge is 2.46. The van der Waals surface area contributed by atoms with Gasteiger partial charge in [0.2, 0.25) is 0 Å². The van der Waals surface area contributed by atoms with Gasteiger partial charge in [-0.25, -0.2) is 16.8 Å². The molecule has 0 bridgehead atoms. The molecule has 1 aromatic rings. The van der Waals surface area contributed by atoms with Gasteiger partial charge >= 0.3 is 0 Å². The van der Waals surface area contributed by atoms with Crippen molar-refractivity contribution < 1.29 is 16.8 Å². The maximum absolute atomic E-state index is 12.7. The first-order valence-electron chi connectivity index (χ1n) is 6.61. The quantitative estimate of drug-likeness (QED) is 0.852. The third-order valence-electron chi connectivity index (χ3n) is 3.64. The largest absolute Gasteiger partial charge is 0.309 e. The number of hydrogen-bond donors (Lipinski definition) is 1. The fourth-order valence-corrected chi connectivity index (χ4v) is 8.75. The second-order valence-corrected chi connectivity index (χ2v) is 11.6. The number of nitrogens with one attached hydrogen (secondary N) is 1. The molecule has 9 heteroatoms.